The van der Waals surface area contributed by atoms with Gasteiger partial charge in [0.2, 0.25) is 0 Å². The standard InChI is InChI=1S/C15H22N4S/c1-15(2,3)13-10-20-14(18-13)9-12(19-16)8-11-6-4-5-7-17-11/h4-7,10,12,19H,8-9,16H2,1-3H3. The van der Waals surface area contributed by atoms with Gasteiger partial charge >= 0.3 is 0 Å². The molecule has 108 valence electrons. The highest BCUT2D eigenvalue weighted by atomic mass is 32.1. The van der Waals surface area contributed by atoms with E-state index in [4.69, 9.17) is 10.8 Å². The number of thiazole rings is 1. The third-order valence-corrected chi connectivity index (χ3v) is 4.03. The zero-order valence-corrected chi connectivity index (χ0v) is 13.1. The van der Waals surface area contributed by atoms with Gasteiger partial charge in [0, 0.05) is 41.6 Å². The van der Waals surface area contributed by atoms with Gasteiger partial charge in [0.05, 0.1) is 10.7 Å². The van der Waals surface area contributed by atoms with E-state index in [1.54, 1.807) is 11.3 Å². The van der Waals surface area contributed by atoms with Crippen molar-refractivity contribution in [1.29, 1.82) is 0 Å². The smallest absolute Gasteiger partial charge is 0.0944 e. The Labute approximate surface area is 124 Å². The van der Waals surface area contributed by atoms with Crippen molar-refractivity contribution in [2.24, 2.45) is 5.84 Å². The molecule has 0 saturated carbocycles. The van der Waals surface area contributed by atoms with Crippen LogP contribution in [0.4, 0.5) is 0 Å². The molecule has 0 amide bonds. The maximum atomic E-state index is 5.66. The SMILES string of the molecule is CC(C)(C)c1csc(CC(Cc2ccccn2)NN)n1. The molecule has 0 fully saturated rings. The monoisotopic (exact) mass is 290 g/mol. The Bertz CT molecular complexity index is 530. The summed E-state index contributed by atoms with van der Waals surface area (Å²) in [6.45, 7) is 6.54. The Morgan fingerprint density at radius 2 is 2.10 bits per heavy atom. The predicted octanol–water partition coefficient (Wildman–Crippen LogP) is 2.45. The van der Waals surface area contributed by atoms with Crippen LogP contribution >= 0.6 is 11.3 Å². The highest BCUT2D eigenvalue weighted by Crippen LogP contribution is 2.24. The van der Waals surface area contributed by atoms with Crippen LogP contribution in [0.5, 0.6) is 0 Å². The molecule has 20 heavy (non-hydrogen) atoms. The number of nitrogens with zero attached hydrogens (tertiary/aromatic N) is 2. The van der Waals surface area contributed by atoms with Crippen LogP contribution in [-0.4, -0.2) is 16.0 Å². The number of hydrazine groups is 1. The largest absolute Gasteiger partial charge is 0.271 e. The van der Waals surface area contributed by atoms with Gasteiger partial charge in [-0.1, -0.05) is 26.8 Å². The van der Waals surface area contributed by atoms with E-state index in [1.165, 1.54) is 0 Å². The molecule has 0 radical (unpaired) electrons. The second-order valence-electron chi connectivity index (χ2n) is 5.97. The van der Waals surface area contributed by atoms with E-state index in [0.29, 0.717) is 0 Å². The van der Waals surface area contributed by atoms with Crippen LogP contribution in [0.2, 0.25) is 0 Å². The molecule has 2 rings (SSSR count). The van der Waals surface area contributed by atoms with Crippen LogP contribution in [0.25, 0.3) is 0 Å². The van der Waals surface area contributed by atoms with E-state index in [0.717, 1.165) is 29.2 Å². The average molecular weight is 290 g/mol. The summed E-state index contributed by atoms with van der Waals surface area (Å²) in [5.74, 6) is 5.66. The molecule has 4 nitrogen and oxygen atoms in total. The Balaban J connectivity index is 2.01. The first-order valence-corrected chi connectivity index (χ1v) is 7.68. The first kappa shape index (κ1) is 15.1. The first-order valence-electron chi connectivity index (χ1n) is 6.80. The molecule has 2 heterocycles. The third-order valence-electron chi connectivity index (χ3n) is 3.16. The zero-order chi connectivity index (χ0) is 14.6. The van der Waals surface area contributed by atoms with E-state index in [9.17, 15) is 0 Å². The fraction of sp³-hybridized carbons (Fsp3) is 0.467. The van der Waals surface area contributed by atoms with Gasteiger partial charge in [-0.25, -0.2) is 4.98 Å². The molecule has 0 bridgehead atoms. The molecular weight excluding hydrogens is 268 g/mol. The third kappa shape index (κ3) is 4.10. The van der Waals surface area contributed by atoms with Crippen LogP contribution < -0.4 is 11.3 Å². The van der Waals surface area contributed by atoms with Gasteiger partial charge in [0.1, 0.15) is 0 Å². The predicted molar refractivity (Wildman–Crippen MR) is 83.6 cm³/mol. The number of nitrogens with two attached hydrogens (primary N) is 1. The van der Waals surface area contributed by atoms with Gasteiger partial charge in [-0.3, -0.25) is 16.3 Å². The van der Waals surface area contributed by atoms with Crippen LogP contribution in [0.1, 0.15) is 37.2 Å². The van der Waals surface area contributed by atoms with E-state index in [-0.39, 0.29) is 11.5 Å². The number of aromatic nitrogens is 2. The minimum Gasteiger partial charge on any atom is -0.271 e. The molecule has 2 aromatic rings. The second kappa shape index (κ2) is 6.43. The molecule has 3 N–H and O–H groups in total. The van der Waals surface area contributed by atoms with Crippen molar-refractivity contribution < 1.29 is 0 Å². The lowest BCUT2D eigenvalue weighted by Crippen LogP contribution is -2.38. The minimum absolute atomic E-state index is 0.0986. The van der Waals surface area contributed by atoms with Crippen LogP contribution in [0.3, 0.4) is 0 Å². The highest BCUT2D eigenvalue weighted by molar-refractivity contribution is 7.09. The molecule has 0 aliphatic carbocycles. The topological polar surface area (TPSA) is 63.8 Å². The number of hydrogen-bond donors (Lipinski definition) is 2. The quantitative estimate of drug-likeness (QED) is 0.656. The Morgan fingerprint density at radius 3 is 2.65 bits per heavy atom. The van der Waals surface area contributed by atoms with Gasteiger partial charge in [-0.15, -0.1) is 11.3 Å². The molecule has 2 aromatic heterocycles. The second-order valence-corrected chi connectivity index (χ2v) is 6.91. The maximum absolute atomic E-state index is 5.66. The number of pyridine rings is 1. The van der Waals surface area contributed by atoms with Crippen molar-refractivity contribution in [2.75, 3.05) is 0 Å². The van der Waals surface area contributed by atoms with Crippen LogP contribution in [0, 0.1) is 0 Å². The van der Waals surface area contributed by atoms with E-state index >= 15 is 0 Å². The number of hydrogen-bond acceptors (Lipinski definition) is 5. The fourth-order valence-electron chi connectivity index (χ4n) is 1.92. The highest BCUT2D eigenvalue weighted by Gasteiger charge is 2.19. The summed E-state index contributed by atoms with van der Waals surface area (Å²) in [5, 5.41) is 3.26. The van der Waals surface area contributed by atoms with Gasteiger partial charge in [0.15, 0.2) is 0 Å². The van der Waals surface area contributed by atoms with E-state index < -0.39 is 0 Å². The number of nitrogens with one attached hydrogen (secondary N) is 1. The Kier molecular flexibility index (Phi) is 4.86. The molecule has 0 aromatic carbocycles. The van der Waals surface area contributed by atoms with Crippen LogP contribution in [-0.2, 0) is 18.3 Å². The van der Waals surface area contributed by atoms with Crippen LogP contribution in [0.15, 0.2) is 29.8 Å². The fourth-order valence-corrected chi connectivity index (χ4v) is 3.02. The minimum atomic E-state index is 0.0986. The summed E-state index contributed by atoms with van der Waals surface area (Å²) in [4.78, 5) is 9.05. The van der Waals surface area contributed by atoms with Crippen molar-refractivity contribution in [3.63, 3.8) is 0 Å². The average Bonchev–Trinajstić information content (AvgIpc) is 2.87. The maximum Gasteiger partial charge on any atom is 0.0944 e. The molecular formula is C15H22N4S. The molecule has 0 aliphatic rings. The van der Waals surface area contributed by atoms with Gasteiger partial charge in [-0.2, -0.15) is 0 Å². The van der Waals surface area contributed by atoms with E-state index in [2.05, 4.69) is 36.6 Å². The lowest BCUT2D eigenvalue weighted by Gasteiger charge is -2.15. The normalized spacial score (nSPS) is 13.4. The molecule has 1 atom stereocenters. The zero-order valence-electron chi connectivity index (χ0n) is 12.3. The summed E-state index contributed by atoms with van der Waals surface area (Å²) < 4.78 is 0. The first-order chi connectivity index (χ1) is 9.49. The molecule has 0 aliphatic heterocycles. The molecule has 1 unspecified atom stereocenters. The number of rotatable bonds is 5. The molecule has 0 saturated heterocycles. The lowest BCUT2D eigenvalue weighted by molar-refractivity contribution is 0.512. The summed E-state index contributed by atoms with van der Waals surface area (Å²) in [6.07, 6.45) is 3.44. The van der Waals surface area contributed by atoms with Gasteiger partial charge < -0.3 is 0 Å². The van der Waals surface area contributed by atoms with Gasteiger partial charge in [0.25, 0.3) is 0 Å². The summed E-state index contributed by atoms with van der Waals surface area (Å²) in [7, 11) is 0. The van der Waals surface area contributed by atoms with Crippen molar-refractivity contribution in [1.82, 2.24) is 15.4 Å². The summed E-state index contributed by atoms with van der Waals surface area (Å²) in [5.41, 5.74) is 5.16. The summed E-state index contributed by atoms with van der Waals surface area (Å²) >= 11 is 1.70. The van der Waals surface area contributed by atoms with Crippen molar-refractivity contribution in [2.45, 2.75) is 45.1 Å². The molecule has 0 spiro atoms. The van der Waals surface area contributed by atoms with Crippen molar-refractivity contribution in [3.05, 3.63) is 46.2 Å². The summed E-state index contributed by atoms with van der Waals surface area (Å²) in [6, 6.07) is 6.10. The lowest BCUT2D eigenvalue weighted by atomic mass is 9.93. The Morgan fingerprint density at radius 1 is 1.30 bits per heavy atom. The molecule has 5 heteroatoms. The van der Waals surface area contributed by atoms with Crippen molar-refractivity contribution in [3.8, 4) is 0 Å². The Hall–Kier alpha value is -1.30. The van der Waals surface area contributed by atoms with Crippen molar-refractivity contribution >= 4 is 11.3 Å². The van der Waals surface area contributed by atoms with Gasteiger partial charge in [-0.05, 0) is 12.1 Å². The van der Waals surface area contributed by atoms with E-state index in [1.807, 2.05) is 24.4 Å².